The fourth-order valence-corrected chi connectivity index (χ4v) is 2.94. The lowest BCUT2D eigenvalue weighted by atomic mass is 10.0. The number of hydrogen-bond donors (Lipinski definition) is 1. The highest BCUT2D eigenvalue weighted by atomic mass is 79.9. The standard InChI is InChI=1S/C17H11BrN4O4/c18-15-8-9-16(22(25)26)17-11(2-1-3-14(15)17)10-19-20-12-4-6-13(7-5-12)21(23)24/h1-10,20H/b19-10+. The van der Waals surface area contributed by atoms with Crippen molar-refractivity contribution in [2.24, 2.45) is 5.10 Å². The molecule has 3 rings (SSSR count). The van der Waals surface area contributed by atoms with E-state index in [0.717, 1.165) is 4.47 Å². The first-order valence-corrected chi connectivity index (χ1v) is 8.16. The summed E-state index contributed by atoms with van der Waals surface area (Å²) in [5.41, 5.74) is 3.85. The molecule has 9 heteroatoms. The van der Waals surface area contributed by atoms with Crippen molar-refractivity contribution in [2.45, 2.75) is 0 Å². The first-order chi connectivity index (χ1) is 12.5. The van der Waals surface area contributed by atoms with Gasteiger partial charge in [0.25, 0.3) is 11.4 Å². The predicted octanol–water partition coefficient (Wildman–Crippen LogP) is 4.86. The lowest BCUT2D eigenvalue weighted by Crippen LogP contribution is -1.96. The van der Waals surface area contributed by atoms with E-state index in [1.807, 2.05) is 0 Å². The van der Waals surface area contributed by atoms with E-state index < -0.39 is 9.85 Å². The monoisotopic (exact) mass is 414 g/mol. The number of nitro groups is 2. The maximum atomic E-state index is 11.3. The van der Waals surface area contributed by atoms with Gasteiger partial charge in [0.2, 0.25) is 0 Å². The number of hydrogen-bond acceptors (Lipinski definition) is 6. The lowest BCUT2D eigenvalue weighted by molar-refractivity contribution is -0.384. The van der Waals surface area contributed by atoms with Crippen molar-refractivity contribution >= 4 is 50.0 Å². The van der Waals surface area contributed by atoms with E-state index >= 15 is 0 Å². The van der Waals surface area contributed by atoms with Crippen LogP contribution in [0, 0.1) is 20.2 Å². The first-order valence-electron chi connectivity index (χ1n) is 7.36. The van der Waals surface area contributed by atoms with Crippen molar-refractivity contribution in [3.8, 4) is 0 Å². The maximum Gasteiger partial charge on any atom is 0.277 e. The third-order valence-electron chi connectivity index (χ3n) is 3.67. The van der Waals surface area contributed by atoms with E-state index in [1.165, 1.54) is 36.5 Å². The fourth-order valence-electron chi connectivity index (χ4n) is 2.47. The van der Waals surface area contributed by atoms with Crippen molar-refractivity contribution in [1.29, 1.82) is 0 Å². The SMILES string of the molecule is O=[N+]([O-])c1ccc(N/N=C/c2cccc3c(Br)ccc([N+](=O)[O-])c23)cc1. The first kappa shape index (κ1) is 17.5. The van der Waals surface area contributed by atoms with Gasteiger partial charge >= 0.3 is 0 Å². The Morgan fingerprint density at radius 3 is 2.35 bits per heavy atom. The molecule has 0 saturated heterocycles. The van der Waals surface area contributed by atoms with Gasteiger partial charge in [0, 0.05) is 33.6 Å². The minimum absolute atomic E-state index is 0.0133. The number of benzene rings is 3. The summed E-state index contributed by atoms with van der Waals surface area (Å²) in [4.78, 5) is 21.1. The highest BCUT2D eigenvalue weighted by Gasteiger charge is 2.16. The summed E-state index contributed by atoms with van der Waals surface area (Å²) in [7, 11) is 0. The zero-order chi connectivity index (χ0) is 18.7. The van der Waals surface area contributed by atoms with E-state index in [2.05, 4.69) is 26.5 Å². The van der Waals surface area contributed by atoms with E-state index in [9.17, 15) is 20.2 Å². The van der Waals surface area contributed by atoms with Gasteiger partial charge in [-0.3, -0.25) is 25.7 Å². The average molecular weight is 415 g/mol. The van der Waals surface area contributed by atoms with Gasteiger partial charge in [-0.1, -0.05) is 34.1 Å². The summed E-state index contributed by atoms with van der Waals surface area (Å²) in [5, 5.41) is 27.2. The molecule has 0 fully saturated rings. The molecule has 0 aliphatic heterocycles. The summed E-state index contributed by atoms with van der Waals surface area (Å²) < 4.78 is 0.747. The predicted molar refractivity (Wildman–Crippen MR) is 103 cm³/mol. The van der Waals surface area contributed by atoms with E-state index in [0.29, 0.717) is 22.0 Å². The Kier molecular flexibility index (Phi) is 4.90. The summed E-state index contributed by atoms with van der Waals surface area (Å²) in [6, 6.07) is 14.1. The smallest absolute Gasteiger partial charge is 0.277 e. The summed E-state index contributed by atoms with van der Waals surface area (Å²) in [5.74, 6) is 0. The molecular weight excluding hydrogens is 404 g/mol. The number of rotatable bonds is 5. The number of halogens is 1. The van der Waals surface area contributed by atoms with Gasteiger partial charge in [0.05, 0.1) is 27.1 Å². The zero-order valence-electron chi connectivity index (χ0n) is 13.1. The van der Waals surface area contributed by atoms with Crippen LogP contribution in [-0.4, -0.2) is 16.1 Å². The quantitative estimate of drug-likeness (QED) is 0.363. The molecule has 0 aromatic heterocycles. The van der Waals surface area contributed by atoms with E-state index in [4.69, 9.17) is 0 Å². The Balaban J connectivity index is 1.93. The molecule has 0 spiro atoms. The summed E-state index contributed by atoms with van der Waals surface area (Å²) in [6.45, 7) is 0. The third kappa shape index (κ3) is 3.52. The number of anilines is 1. The molecule has 8 nitrogen and oxygen atoms in total. The molecule has 3 aromatic carbocycles. The molecule has 0 bridgehead atoms. The topological polar surface area (TPSA) is 111 Å². The number of nitro benzene ring substituents is 2. The largest absolute Gasteiger partial charge is 0.278 e. The summed E-state index contributed by atoms with van der Waals surface area (Å²) >= 11 is 3.40. The maximum absolute atomic E-state index is 11.3. The second-order valence-electron chi connectivity index (χ2n) is 5.27. The third-order valence-corrected chi connectivity index (χ3v) is 4.36. The van der Waals surface area contributed by atoms with Crippen LogP contribution in [0.15, 0.2) is 64.2 Å². The number of fused-ring (bicyclic) bond motifs is 1. The molecule has 26 heavy (non-hydrogen) atoms. The molecule has 0 atom stereocenters. The molecular formula is C17H11BrN4O4. The Morgan fingerprint density at radius 1 is 0.962 bits per heavy atom. The van der Waals surface area contributed by atoms with Crippen LogP contribution in [0.4, 0.5) is 17.1 Å². The van der Waals surface area contributed by atoms with Gasteiger partial charge in [-0.2, -0.15) is 5.10 Å². The molecule has 1 N–H and O–H groups in total. The van der Waals surface area contributed by atoms with Gasteiger partial charge < -0.3 is 0 Å². The van der Waals surface area contributed by atoms with Crippen LogP contribution in [0.3, 0.4) is 0 Å². The van der Waals surface area contributed by atoms with Crippen LogP contribution in [0.2, 0.25) is 0 Å². The van der Waals surface area contributed by atoms with Gasteiger partial charge in [-0.15, -0.1) is 0 Å². The summed E-state index contributed by atoms with van der Waals surface area (Å²) in [6.07, 6.45) is 1.48. The van der Waals surface area contributed by atoms with Crippen LogP contribution in [-0.2, 0) is 0 Å². The molecule has 0 heterocycles. The van der Waals surface area contributed by atoms with Gasteiger partial charge in [-0.25, -0.2) is 0 Å². The Bertz CT molecular complexity index is 1030. The molecule has 3 aromatic rings. The Hall–Kier alpha value is -3.33. The van der Waals surface area contributed by atoms with Crippen LogP contribution in [0.1, 0.15) is 5.56 Å². The molecule has 0 saturated carbocycles. The van der Waals surface area contributed by atoms with Crippen molar-refractivity contribution in [3.63, 3.8) is 0 Å². The molecule has 0 unspecified atom stereocenters. The van der Waals surface area contributed by atoms with Crippen molar-refractivity contribution in [3.05, 3.63) is 84.9 Å². The minimum atomic E-state index is -0.486. The van der Waals surface area contributed by atoms with Crippen molar-refractivity contribution in [2.75, 3.05) is 5.43 Å². The van der Waals surface area contributed by atoms with Crippen LogP contribution in [0.25, 0.3) is 10.8 Å². The Morgan fingerprint density at radius 2 is 1.69 bits per heavy atom. The van der Waals surface area contributed by atoms with Crippen LogP contribution in [0.5, 0.6) is 0 Å². The number of nitrogens with zero attached hydrogens (tertiary/aromatic N) is 3. The second-order valence-corrected chi connectivity index (χ2v) is 6.12. The molecule has 0 aliphatic rings. The van der Waals surface area contributed by atoms with E-state index in [-0.39, 0.29) is 11.4 Å². The van der Waals surface area contributed by atoms with Gasteiger partial charge in [0.15, 0.2) is 0 Å². The highest BCUT2D eigenvalue weighted by molar-refractivity contribution is 9.10. The number of nitrogens with one attached hydrogen (secondary N) is 1. The van der Waals surface area contributed by atoms with E-state index in [1.54, 1.807) is 24.3 Å². The second kappa shape index (κ2) is 7.28. The minimum Gasteiger partial charge on any atom is -0.278 e. The fraction of sp³-hybridized carbons (Fsp3) is 0. The average Bonchev–Trinajstić information content (AvgIpc) is 2.62. The number of non-ortho nitro benzene ring substituents is 2. The van der Waals surface area contributed by atoms with Gasteiger partial charge in [0.1, 0.15) is 0 Å². The Labute approximate surface area is 155 Å². The number of hydrazone groups is 1. The molecule has 0 radical (unpaired) electrons. The lowest BCUT2D eigenvalue weighted by Gasteiger charge is -2.05. The van der Waals surface area contributed by atoms with Crippen LogP contribution >= 0.6 is 15.9 Å². The molecule has 0 aliphatic carbocycles. The van der Waals surface area contributed by atoms with Crippen molar-refractivity contribution in [1.82, 2.24) is 0 Å². The zero-order valence-corrected chi connectivity index (χ0v) is 14.7. The molecule has 130 valence electrons. The van der Waals surface area contributed by atoms with Crippen LogP contribution < -0.4 is 5.43 Å². The normalized spacial score (nSPS) is 11.0. The van der Waals surface area contributed by atoms with Crippen molar-refractivity contribution < 1.29 is 9.85 Å². The van der Waals surface area contributed by atoms with Gasteiger partial charge in [-0.05, 0) is 18.2 Å². The molecule has 0 amide bonds. The highest BCUT2D eigenvalue weighted by Crippen LogP contribution is 2.33.